The fourth-order valence-corrected chi connectivity index (χ4v) is 3.45. The Labute approximate surface area is 136 Å². The minimum atomic E-state index is -3.65. The summed E-state index contributed by atoms with van der Waals surface area (Å²) < 4.78 is 22.4. The Morgan fingerprint density at radius 3 is 2.59 bits per heavy atom. The quantitative estimate of drug-likeness (QED) is 0.383. The van der Waals surface area contributed by atoms with Crippen molar-refractivity contribution in [2.24, 2.45) is 0 Å². The van der Waals surface area contributed by atoms with Crippen molar-refractivity contribution in [3.8, 4) is 5.75 Å². The molecule has 0 amide bonds. The Morgan fingerprint density at radius 2 is 1.95 bits per heavy atom. The lowest BCUT2D eigenvalue weighted by Crippen LogP contribution is -2.33. The van der Waals surface area contributed by atoms with Crippen LogP contribution in [0.1, 0.15) is 39.5 Å². The van der Waals surface area contributed by atoms with Crippen LogP contribution in [0.25, 0.3) is 0 Å². The van der Waals surface area contributed by atoms with Crippen LogP contribution < -0.4 is 9.61 Å². The van der Waals surface area contributed by atoms with E-state index in [1.165, 1.54) is 6.92 Å². The van der Waals surface area contributed by atoms with Gasteiger partial charge in [0, 0.05) is 11.2 Å². The molecule has 0 bridgehead atoms. The third kappa shape index (κ3) is 7.83. The molecule has 0 aliphatic heterocycles. The molecule has 0 saturated heterocycles. The Bertz CT molecular complexity index is 498. The first-order chi connectivity index (χ1) is 10.4. The van der Waals surface area contributed by atoms with Gasteiger partial charge in [-0.25, -0.2) is 9.65 Å². The summed E-state index contributed by atoms with van der Waals surface area (Å²) in [5, 5.41) is 2.48. The van der Waals surface area contributed by atoms with E-state index in [4.69, 9.17) is 20.5 Å². The number of esters is 1. The summed E-state index contributed by atoms with van der Waals surface area (Å²) in [6.07, 6.45) is 4.09. The lowest BCUT2D eigenvalue weighted by Gasteiger charge is -2.18. The fraction of sp³-hybridized carbons (Fsp3) is 0.533. The molecule has 1 rings (SSSR count). The molecule has 0 radical (unpaired) electrons. The SMILES string of the molecule is CCCCCCOC(=O)[C@H](C)NP(=O)(Cl)Oc1ccccc1. The van der Waals surface area contributed by atoms with Gasteiger partial charge >= 0.3 is 12.8 Å². The standard InChI is InChI=1S/C15H23ClNO4P/c1-3-4-5-9-12-20-15(18)13(2)17-22(16,19)21-14-10-7-6-8-11-14/h6-8,10-11,13H,3-5,9,12H2,1-2H3,(H,17,19)/t13-,22?/m0/s1. The van der Waals surface area contributed by atoms with Crippen LogP contribution >= 0.6 is 18.1 Å². The minimum Gasteiger partial charge on any atom is -0.465 e. The van der Waals surface area contributed by atoms with Crippen LogP contribution in [0.2, 0.25) is 0 Å². The number of ether oxygens (including phenoxy) is 1. The fourth-order valence-electron chi connectivity index (χ4n) is 1.75. The molecule has 7 heteroatoms. The predicted molar refractivity (Wildman–Crippen MR) is 88.2 cm³/mol. The van der Waals surface area contributed by atoms with E-state index in [2.05, 4.69) is 12.0 Å². The van der Waals surface area contributed by atoms with Gasteiger partial charge in [-0.15, -0.1) is 0 Å². The van der Waals surface area contributed by atoms with E-state index < -0.39 is 18.9 Å². The van der Waals surface area contributed by atoms with Crippen LogP contribution in [-0.4, -0.2) is 18.6 Å². The number of hydrogen-bond acceptors (Lipinski definition) is 4. The van der Waals surface area contributed by atoms with Crippen LogP contribution in [0.15, 0.2) is 30.3 Å². The molecule has 22 heavy (non-hydrogen) atoms. The second kappa shape index (κ2) is 9.88. The van der Waals surface area contributed by atoms with Crippen molar-refractivity contribution >= 4 is 24.1 Å². The van der Waals surface area contributed by atoms with Gasteiger partial charge in [-0.3, -0.25) is 4.79 Å². The molecule has 1 aromatic carbocycles. The molecular weight excluding hydrogens is 325 g/mol. The van der Waals surface area contributed by atoms with E-state index in [-0.39, 0.29) is 0 Å². The first kappa shape index (κ1) is 19.0. The van der Waals surface area contributed by atoms with Crippen molar-refractivity contribution in [3.05, 3.63) is 30.3 Å². The highest BCUT2D eigenvalue weighted by Gasteiger charge is 2.27. The van der Waals surface area contributed by atoms with Gasteiger partial charge in [-0.2, -0.15) is 0 Å². The zero-order valence-corrected chi connectivity index (χ0v) is 14.6. The summed E-state index contributed by atoms with van der Waals surface area (Å²) in [6.45, 7) is 0.359. The summed E-state index contributed by atoms with van der Waals surface area (Å²) in [5.74, 6) is -0.123. The lowest BCUT2D eigenvalue weighted by atomic mass is 10.2. The topological polar surface area (TPSA) is 64.6 Å². The highest BCUT2D eigenvalue weighted by molar-refractivity contribution is 7.84. The second-order valence-corrected chi connectivity index (χ2v) is 7.70. The van der Waals surface area contributed by atoms with E-state index >= 15 is 0 Å². The Morgan fingerprint density at radius 1 is 1.27 bits per heavy atom. The van der Waals surface area contributed by atoms with Gasteiger partial charge < -0.3 is 9.26 Å². The van der Waals surface area contributed by atoms with Crippen LogP contribution in [0.5, 0.6) is 5.75 Å². The summed E-state index contributed by atoms with van der Waals surface area (Å²) >= 11 is 5.83. The number of unbranched alkanes of at least 4 members (excludes halogenated alkanes) is 3. The zero-order valence-electron chi connectivity index (χ0n) is 13.0. The van der Waals surface area contributed by atoms with Gasteiger partial charge in [0.2, 0.25) is 0 Å². The highest BCUT2D eigenvalue weighted by Crippen LogP contribution is 2.48. The number of carbonyl (C=O) groups excluding carboxylic acids is 1. The van der Waals surface area contributed by atoms with Gasteiger partial charge in [-0.1, -0.05) is 44.4 Å². The molecule has 0 spiro atoms. The second-order valence-electron chi connectivity index (χ2n) is 4.96. The van der Waals surface area contributed by atoms with Gasteiger partial charge in [0.1, 0.15) is 11.8 Å². The molecule has 1 unspecified atom stereocenters. The van der Waals surface area contributed by atoms with E-state index in [1.807, 2.05) is 0 Å². The molecule has 5 nitrogen and oxygen atoms in total. The molecule has 0 aliphatic rings. The maximum atomic E-state index is 12.1. The van der Waals surface area contributed by atoms with Crippen molar-refractivity contribution in [1.82, 2.24) is 5.09 Å². The normalized spacial score (nSPS) is 14.9. The van der Waals surface area contributed by atoms with E-state index in [9.17, 15) is 9.36 Å². The molecular formula is C15H23ClNO4P. The molecule has 0 aromatic heterocycles. The Balaban J connectivity index is 2.37. The molecule has 124 valence electrons. The first-order valence-corrected chi connectivity index (χ1v) is 9.96. The summed E-state index contributed by atoms with van der Waals surface area (Å²) in [6, 6.07) is 7.73. The molecule has 0 fully saturated rings. The lowest BCUT2D eigenvalue weighted by molar-refractivity contribution is -0.145. The maximum Gasteiger partial charge on any atom is 0.409 e. The Hall–Kier alpha value is -1.03. The summed E-state index contributed by atoms with van der Waals surface area (Å²) in [7, 11) is 0. The van der Waals surface area contributed by atoms with Crippen molar-refractivity contribution in [2.45, 2.75) is 45.6 Å². The van der Waals surface area contributed by atoms with Crippen molar-refractivity contribution in [2.75, 3.05) is 6.61 Å². The monoisotopic (exact) mass is 347 g/mol. The average Bonchev–Trinajstić information content (AvgIpc) is 2.46. The van der Waals surface area contributed by atoms with Crippen molar-refractivity contribution in [3.63, 3.8) is 0 Å². The molecule has 2 atom stereocenters. The third-order valence-electron chi connectivity index (χ3n) is 2.91. The molecule has 0 aliphatic carbocycles. The first-order valence-electron chi connectivity index (χ1n) is 7.43. The molecule has 1 aromatic rings. The summed E-state index contributed by atoms with van der Waals surface area (Å²) in [4.78, 5) is 11.8. The minimum absolute atomic E-state index is 0.358. The average molecular weight is 348 g/mol. The summed E-state index contributed by atoms with van der Waals surface area (Å²) in [5.41, 5.74) is 0. The van der Waals surface area contributed by atoms with Crippen LogP contribution in [-0.2, 0) is 14.1 Å². The maximum absolute atomic E-state index is 12.1. The Kier molecular flexibility index (Phi) is 8.54. The number of carbonyl (C=O) groups is 1. The molecule has 0 heterocycles. The number of para-hydroxylation sites is 1. The van der Waals surface area contributed by atoms with E-state index in [0.717, 1.165) is 25.7 Å². The third-order valence-corrected chi connectivity index (χ3v) is 4.55. The van der Waals surface area contributed by atoms with Crippen LogP contribution in [0.4, 0.5) is 0 Å². The van der Waals surface area contributed by atoms with Crippen molar-refractivity contribution < 1.29 is 18.6 Å². The van der Waals surface area contributed by atoms with Gasteiger partial charge in [0.25, 0.3) is 0 Å². The van der Waals surface area contributed by atoms with Gasteiger partial charge in [-0.05, 0) is 25.5 Å². The smallest absolute Gasteiger partial charge is 0.409 e. The number of halogens is 1. The number of rotatable bonds is 10. The van der Waals surface area contributed by atoms with Gasteiger partial charge in [0.05, 0.1) is 6.61 Å². The van der Waals surface area contributed by atoms with Crippen LogP contribution in [0.3, 0.4) is 0 Å². The largest absolute Gasteiger partial charge is 0.465 e. The van der Waals surface area contributed by atoms with Crippen LogP contribution in [0, 0.1) is 0 Å². The number of hydrogen-bond donors (Lipinski definition) is 1. The zero-order chi connectivity index (χ0) is 16.4. The highest BCUT2D eigenvalue weighted by atomic mass is 35.7. The predicted octanol–water partition coefficient (Wildman–Crippen LogP) is 4.51. The number of nitrogens with one attached hydrogen (secondary N) is 1. The molecule has 1 N–H and O–H groups in total. The van der Waals surface area contributed by atoms with Gasteiger partial charge in [0.15, 0.2) is 0 Å². The number of benzene rings is 1. The van der Waals surface area contributed by atoms with E-state index in [0.29, 0.717) is 12.4 Å². The molecule has 0 saturated carbocycles. The van der Waals surface area contributed by atoms with Crippen molar-refractivity contribution in [1.29, 1.82) is 0 Å². The van der Waals surface area contributed by atoms with E-state index in [1.54, 1.807) is 30.3 Å².